The van der Waals surface area contributed by atoms with E-state index in [9.17, 15) is 14.4 Å². The molecular weight excluding hydrogens is 506 g/mol. The third-order valence-corrected chi connectivity index (χ3v) is 7.33. The minimum absolute atomic E-state index is 0.0375. The molecule has 37 heavy (non-hydrogen) atoms. The zero-order valence-electron chi connectivity index (χ0n) is 20.7. The van der Waals surface area contributed by atoms with Crippen molar-refractivity contribution < 1.29 is 14.3 Å². The van der Waals surface area contributed by atoms with Gasteiger partial charge in [-0.2, -0.15) is 0 Å². The van der Waals surface area contributed by atoms with E-state index in [-0.39, 0.29) is 23.8 Å². The van der Waals surface area contributed by atoms with Crippen LogP contribution in [0, 0.1) is 6.92 Å². The SMILES string of the molecule is C=CCn1c(SCC(=O)Nc2cccc(C(=O)OCCC)c2)nc2scc(-c3ccc(C)cc3)c2c1=O. The van der Waals surface area contributed by atoms with E-state index in [1.807, 2.05) is 43.5 Å². The molecule has 0 aliphatic rings. The van der Waals surface area contributed by atoms with E-state index >= 15 is 0 Å². The number of benzene rings is 2. The highest BCUT2D eigenvalue weighted by atomic mass is 32.2. The number of ether oxygens (including phenoxy) is 1. The summed E-state index contributed by atoms with van der Waals surface area (Å²) in [5.74, 6) is -0.676. The van der Waals surface area contributed by atoms with E-state index in [1.165, 1.54) is 23.1 Å². The van der Waals surface area contributed by atoms with Crippen molar-refractivity contribution in [1.29, 1.82) is 0 Å². The number of anilines is 1. The van der Waals surface area contributed by atoms with Crippen LogP contribution in [0.25, 0.3) is 21.3 Å². The fourth-order valence-corrected chi connectivity index (χ4v) is 5.48. The van der Waals surface area contributed by atoms with Gasteiger partial charge in [-0.05, 0) is 37.1 Å². The Balaban J connectivity index is 1.53. The smallest absolute Gasteiger partial charge is 0.338 e. The summed E-state index contributed by atoms with van der Waals surface area (Å²) in [6, 6.07) is 14.6. The van der Waals surface area contributed by atoms with Gasteiger partial charge in [0.15, 0.2) is 5.16 Å². The number of thioether (sulfide) groups is 1. The molecule has 0 unspecified atom stereocenters. The third-order valence-electron chi connectivity index (χ3n) is 5.48. The van der Waals surface area contributed by atoms with Gasteiger partial charge < -0.3 is 10.1 Å². The Morgan fingerprint density at radius 3 is 2.73 bits per heavy atom. The van der Waals surface area contributed by atoms with Crippen molar-refractivity contribution in [2.45, 2.75) is 32.0 Å². The van der Waals surface area contributed by atoms with Crippen LogP contribution in [0.5, 0.6) is 0 Å². The van der Waals surface area contributed by atoms with Gasteiger partial charge in [-0.3, -0.25) is 14.2 Å². The largest absolute Gasteiger partial charge is 0.462 e. The second-order valence-corrected chi connectivity index (χ2v) is 10.1. The number of allylic oxidation sites excluding steroid dienone is 1. The van der Waals surface area contributed by atoms with Gasteiger partial charge in [-0.15, -0.1) is 17.9 Å². The highest BCUT2D eigenvalue weighted by Gasteiger charge is 2.18. The fourth-order valence-electron chi connectivity index (χ4n) is 3.68. The summed E-state index contributed by atoms with van der Waals surface area (Å²) in [6.45, 7) is 8.33. The number of esters is 1. The van der Waals surface area contributed by atoms with E-state index in [0.29, 0.717) is 33.2 Å². The predicted molar refractivity (Wildman–Crippen MR) is 151 cm³/mol. The van der Waals surface area contributed by atoms with Gasteiger partial charge in [0.05, 0.1) is 23.3 Å². The highest BCUT2D eigenvalue weighted by Crippen LogP contribution is 2.32. The number of aryl methyl sites for hydroxylation is 1. The van der Waals surface area contributed by atoms with Crippen molar-refractivity contribution in [3.63, 3.8) is 0 Å². The molecule has 4 aromatic rings. The number of hydrogen-bond donors (Lipinski definition) is 1. The molecule has 4 rings (SSSR count). The maximum atomic E-state index is 13.5. The molecule has 9 heteroatoms. The van der Waals surface area contributed by atoms with Crippen LogP contribution in [-0.4, -0.2) is 33.8 Å². The first-order chi connectivity index (χ1) is 17.9. The topological polar surface area (TPSA) is 90.3 Å². The number of aromatic nitrogens is 2. The molecule has 0 saturated carbocycles. The molecule has 2 aromatic heterocycles. The molecule has 0 aliphatic carbocycles. The van der Waals surface area contributed by atoms with Crippen LogP contribution >= 0.6 is 23.1 Å². The average Bonchev–Trinajstić information content (AvgIpc) is 3.32. The maximum absolute atomic E-state index is 13.5. The number of hydrogen-bond acceptors (Lipinski definition) is 7. The number of amides is 1. The molecule has 2 heterocycles. The third kappa shape index (κ3) is 6.18. The molecular formula is C28H27N3O4S2. The van der Waals surface area contributed by atoms with Crippen molar-refractivity contribution in [2.75, 3.05) is 17.7 Å². The van der Waals surface area contributed by atoms with Gasteiger partial charge in [0.2, 0.25) is 5.91 Å². The van der Waals surface area contributed by atoms with E-state index in [2.05, 4.69) is 11.9 Å². The summed E-state index contributed by atoms with van der Waals surface area (Å²) < 4.78 is 6.70. The molecule has 2 aromatic carbocycles. The number of rotatable bonds is 10. The molecule has 1 amide bonds. The highest BCUT2D eigenvalue weighted by molar-refractivity contribution is 7.99. The van der Waals surface area contributed by atoms with Crippen LogP contribution in [0.1, 0.15) is 29.3 Å². The zero-order chi connectivity index (χ0) is 26.4. The Kier molecular flexibility index (Phi) is 8.58. The lowest BCUT2D eigenvalue weighted by molar-refractivity contribution is -0.113. The van der Waals surface area contributed by atoms with Crippen molar-refractivity contribution in [2.24, 2.45) is 0 Å². The van der Waals surface area contributed by atoms with Crippen LogP contribution in [-0.2, 0) is 16.1 Å². The quantitative estimate of drug-likeness (QED) is 0.118. The Morgan fingerprint density at radius 1 is 1.22 bits per heavy atom. The molecule has 0 fully saturated rings. The second-order valence-electron chi connectivity index (χ2n) is 8.35. The summed E-state index contributed by atoms with van der Waals surface area (Å²) in [5, 5.41) is 5.75. The fraction of sp³-hybridized carbons (Fsp3) is 0.214. The van der Waals surface area contributed by atoms with E-state index in [1.54, 1.807) is 34.9 Å². The van der Waals surface area contributed by atoms with Crippen LogP contribution in [0.4, 0.5) is 5.69 Å². The summed E-state index contributed by atoms with van der Waals surface area (Å²) in [5.41, 5.74) is 3.65. The van der Waals surface area contributed by atoms with Crippen LogP contribution in [0.3, 0.4) is 0 Å². The number of nitrogens with zero attached hydrogens (tertiary/aromatic N) is 2. The number of carbonyl (C=O) groups excluding carboxylic acids is 2. The minimum Gasteiger partial charge on any atom is -0.462 e. The molecule has 0 aliphatic heterocycles. The first kappa shape index (κ1) is 26.4. The van der Waals surface area contributed by atoms with Gasteiger partial charge in [-0.25, -0.2) is 9.78 Å². The van der Waals surface area contributed by atoms with E-state index in [0.717, 1.165) is 23.1 Å². The van der Waals surface area contributed by atoms with Crippen LogP contribution < -0.4 is 10.9 Å². The lowest BCUT2D eigenvalue weighted by Crippen LogP contribution is -2.23. The minimum atomic E-state index is -0.431. The Hall–Kier alpha value is -3.69. The molecule has 1 N–H and O–H groups in total. The molecule has 190 valence electrons. The van der Waals surface area contributed by atoms with Gasteiger partial charge in [-0.1, -0.05) is 60.7 Å². The Labute approximate surface area is 223 Å². The van der Waals surface area contributed by atoms with Gasteiger partial charge in [0, 0.05) is 23.2 Å². The summed E-state index contributed by atoms with van der Waals surface area (Å²) in [7, 11) is 0. The zero-order valence-corrected chi connectivity index (χ0v) is 22.3. The molecule has 0 atom stereocenters. The number of thiophene rings is 1. The second kappa shape index (κ2) is 12.0. The van der Waals surface area contributed by atoms with E-state index < -0.39 is 5.97 Å². The monoisotopic (exact) mass is 533 g/mol. The molecule has 0 radical (unpaired) electrons. The Bertz CT molecular complexity index is 1510. The lowest BCUT2D eigenvalue weighted by atomic mass is 10.1. The van der Waals surface area contributed by atoms with Crippen molar-refractivity contribution in [1.82, 2.24) is 9.55 Å². The van der Waals surface area contributed by atoms with Gasteiger partial charge in [0.1, 0.15) is 4.83 Å². The molecule has 0 bridgehead atoms. The molecule has 0 spiro atoms. The number of carbonyl (C=O) groups is 2. The summed E-state index contributed by atoms with van der Waals surface area (Å²) in [6.07, 6.45) is 2.37. The lowest BCUT2D eigenvalue weighted by Gasteiger charge is -2.11. The maximum Gasteiger partial charge on any atom is 0.338 e. The standard InChI is InChI=1S/C28H27N3O4S2/c1-4-13-31-26(33)24-22(19-11-9-18(3)10-12-19)16-36-25(24)30-28(31)37-17-23(32)29-21-8-6-7-20(15-21)27(34)35-14-5-2/h4,6-12,15-16H,1,5,13-14,17H2,2-3H3,(H,29,32). The Morgan fingerprint density at radius 2 is 2.00 bits per heavy atom. The van der Waals surface area contributed by atoms with E-state index in [4.69, 9.17) is 9.72 Å². The van der Waals surface area contributed by atoms with Gasteiger partial charge in [0.25, 0.3) is 5.56 Å². The van der Waals surface area contributed by atoms with Gasteiger partial charge >= 0.3 is 5.97 Å². The normalized spacial score (nSPS) is 10.9. The number of nitrogens with one attached hydrogen (secondary N) is 1. The van der Waals surface area contributed by atoms with Crippen molar-refractivity contribution in [3.8, 4) is 11.1 Å². The van der Waals surface area contributed by atoms with Crippen LogP contribution in [0.15, 0.2) is 76.5 Å². The number of fused-ring (bicyclic) bond motifs is 1. The van der Waals surface area contributed by atoms with Crippen molar-refractivity contribution in [3.05, 3.63) is 88.0 Å². The molecule has 0 saturated heterocycles. The molecule has 7 nitrogen and oxygen atoms in total. The first-order valence-corrected chi connectivity index (χ1v) is 13.7. The predicted octanol–water partition coefficient (Wildman–Crippen LogP) is 5.92. The van der Waals surface area contributed by atoms with Crippen LogP contribution in [0.2, 0.25) is 0 Å². The van der Waals surface area contributed by atoms with Crippen molar-refractivity contribution >= 4 is 50.9 Å². The summed E-state index contributed by atoms with van der Waals surface area (Å²) in [4.78, 5) is 43.6. The summed E-state index contributed by atoms with van der Waals surface area (Å²) >= 11 is 2.59. The first-order valence-electron chi connectivity index (χ1n) is 11.8. The average molecular weight is 534 g/mol.